The lowest BCUT2D eigenvalue weighted by Gasteiger charge is -2.51. The Bertz CT molecular complexity index is 1020. The molecule has 0 radical (unpaired) electrons. The quantitative estimate of drug-likeness (QED) is 0.207. The number of aryl methyl sites for hydroxylation is 1. The first-order valence-electron chi connectivity index (χ1n) is 14.2. The molecule has 12 heteroatoms. The molecule has 39 heavy (non-hydrogen) atoms. The van der Waals surface area contributed by atoms with E-state index in [0.29, 0.717) is 12.1 Å². The van der Waals surface area contributed by atoms with Gasteiger partial charge in [0.15, 0.2) is 6.23 Å². The monoisotopic (exact) mass is 584 g/mol. The van der Waals surface area contributed by atoms with Gasteiger partial charge in [-0.2, -0.15) is 4.98 Å². The molecule has 4 atom stereocenters. The Hall–Kier alpha value is -1.26. The highest BCUT2D eigenvalue weighted by molar-refractivity contribution is 6.84. The Kier molecular flexibility index (Phi) is 10.9. The van der Waals surface area contributed by atoms with Crippen molar-refractivity contribution in [3.05, 3.63) is 28.4 Å². The summed E-state index contributed by atoms with van der Waals surface area (Å²) in [6.45, 7) is 21.0. The van der Waals surface area contributed by atoms with Crippen molar-refractivity contribution in [2.75, 3.05) is 20.0 Å². The summed E-state index contributed by atoms with van der Waals surface area (Å²) in [7, 11) is -5.69. The Labute approximate surface area is 235 Å². The summed E-state index contributed by atoms with van der Waals surface area (Å²) in [5.41, 5.74) is 0.838. The first kappa shape index (κ1) is 32.3. The van der Waals surface area contributed by atoms with E-state index in [-0.39, 0.29) is 48.0 Å². The second-order valence-electron chi connectivity index (χ2n) is 12.0. The third-order valence-corrected chi connectivity index (χ3v) is 18.1. The van der Waals surface area contributed by atoms with Crippen LogP contribution in [0.3, 0.4) is 0 Å². The van der Waals surface area contributed by atoms with Crippen LogP contribution in [0.1, 0.15) is 80.7 Å². The van der Waals surface area contributed by atoms with Crippen molar-refractivity contribution in [2.45, 2.75) is 122 Å². The van der Waals surface area contributed by atoms with Gasteiger partial charge in [-0.15, -0.1) is 0 Å². The van der Waals surface area contributed by atoms with Gasteiger partial charge in [0.1, 0.15) is 30.9 Å². The molecular weight excluding hydrogens is 536 g/mol. The molecule has 0 saturated carbocycles. The molecule has 0 aromatic carbocycles. The van der Waals surface area contributed by atoms with Crippen molar-refractivity contribution < 1.29 is 32.0 Å². The number of hydrogen-bond acceptors (Lipinski definition) is 9. The highest BCUT2D eigenvalue weighted by Crippen LogP contribution is 2.48. The van der Waals surface area contributed by atoms with Gasteiger partial charge in [-0.1, -0.05) is 55.4 Å². The number of ether oxygens (including phenoxy) is 3. The summed E-state index contributed by atoms with van der Waals surface area (Å²) in [6, 6.07) is 1.77. The molecule has 0 bridgehead atoms. The third kappa shape index (κ3) is 6.80. The third-order valence-electron chi connectivity index (χ3n) is 7.80. The molecule has 0 spiro atoms. The van der Waals surface area contributed by atoms with E-state index in [1.165, 1.54) is 11.5 Å². The largest absolute Gasteiger partial charge is 0.414 e. The lowest BCUT2D eigenvalue weighted by molar-refractivity contribution is -0.142. The number of hydrogen-bond donors (Lipinski definition) is 0. The number of rotatable bonds is 11. The van der Waals surface area contributed by atoms with E-state index in [0.717, 1.165) is 0 Å². The summed E-state index contributed by atoms with van der Waals surface area (Å²) in [4.78, 5) is 28.4. The Morgan fingerprint density at radius 2 is 1.69 bits per heavy atom. The fraction of sp³-hybridized carbons (Fsp3) is 0.815. The molecule has 2 aliphatic rings. The topological polar surface area (TPSA) is 107 Å². The zero-order chi connectivity index (χ0) is 29.1. The fourth-order valence-corrected chi connectivity index (χ4v) is 16.8. The molecule has 1 unspecified atom stereocenters. The van der Waals surface area contributed by atoms with Gasteiger partial charge in [-0.3, -0.25) is 9.36 Å². The van der Waals surface area contributed by atoms with Crippen LogP contribution in [0.2, 0.25) is 22.2 Å². The van der Waals surface area contributed by atoms with Crippen LogP contribution in [0, 0.1) is 6.92 Å². The van der Waals surface area contributed by atoms with Crippen LogP contribution in [0.4, 0.5) is 0 Å². The van der Waals surface area contributed by atoms with Gasteiger partial charge in [0.2, 0.25) is 0 Å². The molecule has 2 saturated heterocycles. The lowest BCUT2D eigenvalue weighted by Crippen LogP contribution is -2.66. The molecule has 2 aliphatic heterocycles. The maximum absolute atomic E-state index is 13.0. The molecule has 0 N–H and O–H groups in total. The second kappa shape index (κ2) is 13.2. The van der Waals surface area contributed by atoms with E-state index in [4.69, 9.17) is 27.2 Å². The molecule has 2 fully saturated rings. The van der Waals surface area contributed by atoms with Crippen molar-refractivity contribution in [3.63, 3.8) is 0 Å². The van der Waals surface area contributed by atoms with E-state index in [1.54, 1.807) is 19.2 Å². The van der Waals surface area contributed by atoms with Crippen LogP contribution in [0.5, 0.6) is 0 Å². The SMILES string of the molecule is CC(=O)CCOCO[C@H]1C2O[Si](C(C)C)(C(C)C)O[Si](C(C)C)(C(C)C)OC[C@H]2O[C@H]1n1ccc(C)nc1=O. The molecule has 3 rings (SSSR count). The summed E-state index contributed by atoms with van der Waals surface area (Å²) in [5, 5.41) is 0. The van der Waals surface area contributed by atoms with Gasteiger partial charge in [0, 0.05) is 18.3 Å². The summed E-state index contributed by atoms with van der Waals surface area (Å²) in [6.07, 6.45) is -0.536. The number of fused-ring (bicyclic) bond motifs is 1. The fourth-order valence-electron chi connectivity index (χ4n) is 5.62. The maximum Gasteiger partial charge on any atom is 0.349 e. The van der Waals surface area contributed by atoms with E-state index in [2.05, 4.69) is 60.4 Å². The van der Waals surface area contributed by atoms with Crippen LogP contribution in [-0.4, -0.2) is 70.8 Å². The van der Waals surface area contributed by atoms with Crippen LogP contribution in [-0.2, 0) is 32.0 Å². The van der Waals surface area contributed by atoms with E-state index >= 15 is 0 Å². The minimum atomic E-state index is -2.94. The van der Waals surface area contributed by atoms with Crippen molar-refractivity contribution in [1.82, 2.24) is 9.55 Å². The summed E-state index contributed by atoms with van der Waals surface area (Å²) in [5.74, 6) is 0.0414. The Morgan fingerprint density at radius 3 is 2.23 bits per heavy atom. The minimum Gasteiger partial charge on any atom is -0.414 e. The van der Waals surface area contributed by atoms with E-state index < -0.39 is 47.4 Å². The van der Waals surface area contributed by atoms with Gasteiger partial charge in [-0.05, 0) is 42.1 Å². The van der Waals surface area contributed by atoms with Crippen LogP contribution < -0.4 is 5.69 Å². The van der Waals surface area contributed by atoms with Crippen molar-refractivity contribution >= 4 is 22.9 Å². The maximum atomic E-state index is 13.0. The number of carbonyl (C=O) groups is 1. The molecule has 3 heterocycles. The van der Waals surface area contributed by atoms with Crippen LogP contribution in [0.15, 0.2) is 17.1 Å². The van der Waals surface area contributed by atoms with Crippen molar-refractivity contribution in [3.8, 4) is 0 Å². The molecule has 1 aromatic rings. The molecule has 0 aliphatic carbocycles. The van der Waals surface area contributed by atoms with Crippen LogP contribution >= 0.6 is 0 Å². The van der Waals surface area contributed by atoms with Gasteiger partial charge in [-0.25, -0.2) is 4.79 Å². The number of aromatic nitrogens is 2. The number of ketones is 1. The smallest absolute Gasteiger partial charge is 0.349 e. The lowest BCUT2D eigenvalue weighted by atomic mass is 10.1. The molecule has 10 nitrogen and oxygen atoms in total. The second-order valence-corrected chi connectivity index (χ2v) is 20.8. The van der Waals surface area contributed by atoms with Gasteiger partial charge in [0.25, 0.3) is 0 Å². The van der Waals surface area contributed by atoms with E-state index in [1.807, 2.05) is 0 Å². The van der Waals surface area contributed by atoms with Gasteiger partial charge >= 0.3 is 22.8 Å². The first-order valence-corrected chi connectivity index (χ1v) is 18.1. The molecule has 222 valence electrons. The number of nitrogens with zero attached hydrogens (tertiary/aromatic N) is 2. The number of carbonyl (C=O) groups excluding carboxylic acids is 1. The zero-order valence-electron chi connectivity index (χ0n) is 25.3. The molecule has 1 aromatic heterocycles. The molecular formula is C27H48N2O8Si2. The standard InChI is InChI=1S/C27H48N2O8Si2/c1-17(2)38(18(3)4)34-15-23-24(36-39(37-38,19(5)6)20(7)8)25(33-16-32-14-12-22(10)30)26(35-23)29-13-11-21(9)28-27(29)31/h11,13,17-20,23-26H,12,14-16H2,1-10H3/t23-,24?,25+,26-/m1/s1. The van der Waals surface area contributed by atoms with Crippen molar-refractivity contribution in [1.29, 1.82) is 0 Å². The zero-order valence-corrected chi connectivity index (χ0v) is 27.3. The van der Waals surface area contributed by atoms with Crippen molar-refractivity contribution in [2.24, 2.45) is 0 Å². The van der Waals surface area contributed by atoms with E-state index in [9.17, 15) is 9.59 Å². The Balaban J connectivity index is 2.05. The number of Topliss-reactive ketones (excluding diaryl/α,β-unsaturated/α-hetero) is 1. The van der Waals surface area contributed by atoms with Gasteiger partial charge in [0.05, 0.1) is 13.2 Å². The summed E-state index contributed by atoms with van der Waals surface area (Å²) >= 11 is 0. The highest BCUT2D eigenvalue weighted by atomic mass is 28.5. The Morgan fingerprint density at radius 1 is 1.08 bits per heavy atom. The highest BCUT2D eigenvalue weighted by Gasteiger charge is 2.62. The predicted octanol–water partition coefficient (Wildman–Crippen LogP) is 4.74. The minimum absolute atomic E-state index is 0.0414. The summed E-state index contributed by atoms with van der Waals surface area (Å²) < 4.78 is 41.2. The first-order chi connectivity index (χ1) is 18.2. The predicted molar refractivity (Wildman–Crippen MR) is 152 cm³/mol. The molecule has 0 amide bonds. The average molecular weight is 585 g/mol. The van der Waals surface area contributed by atoms with Crippen LogP contribution in [0.25, 0.3) is 0 Å². The normalized spacial score (nSPS) is 26.7. The average Bonchev–Trinajstić information content (AvgIpc) is 3.14. The van der Waals surface area contributed by atoms with Gasteiger partial charge < -0.3 is 27.2 Å².